The van der Waals surface area contributed by atoms with Crippen LogP contribution in [0.2, 0.25) is 0 Å². The van der Waals surface area contributed by atoms with Crippen molar-refractivity contribution >= 4 is 18.0 Å². The third-order valence-electron chi connectivity index (χ3n) is 3.55. The lowest BCUT2D eigenvalue weighted by atomic mass is 10.1. The number of esters is 1. The standard InChI is InChI=1S/C20H30N2O5/c1-6-16(21-19(25)27-20(3,4)5)18(24)22(14-17(23)26-7-2)13-15-11-9-8-10-12-15/h8-12,16H,6-7,13-14H2,1-5H3,(H,21,25)/t16-/m0/s1. The highest BCUT2D eigenvalue weighted by molar-refractivity contribution is 5.88. The first kappa shape index (κ1) is 22.5. The van der Waals surface area contributed by atoms with E-state index in [-0.39, 0.29) is 25.6 Å². The number of hydrogen-bond donors (Lipinski definition) is 1. The molecule has 0 aliphatic rings. The maximum Gasteiger partial charge on any atom is 0.408 e. The van der Waals surface area contributed by atoms with Gasteiger partial charge in [0, 0.05) is 6.54 Å². The fraction of sp³-hybridized carbons (Fsp3) is 0.550. The molecule has 1 rings (SSSR count). The highest BCUT2D eigenvalue weighted by Gasteiger charge is 2.28. The summed E-state index contributed by atoms with van der Waals surface area (Å²) in [5.41, 5.74) is 0.211. The third-order valence-corrected chi connectivity index (χ3v) is 3.55. The summed E-state index contributed by atoms with van der Waals surface area (Å²) in [6.45, 7) is 9.03. The van der Waals surface area contributed by atoms with Crippen molar-refractivity contribution in [3.63, 3.8) is 0 Å². The van der Waals surface area contributed by atoms with Gasteiger partial charge in [-0.15, -0.1) is 0 Å². The molecule has 0 saturated heterocycles. The predicted molar refractivity (Wildman–Crippen MR) is 102 cm³/mol. The Morgan fingerprint density at radius 3 is 2.26 bits per heavy atom. The molecule has 0 bridgehead atoms. The topological polar surface area (TPSA) is 84.9 Å². The van der Waals surface area contributed by atoms with Gasteiger partial charge in [0.1, 0.15) is 18.2 Å². The SMILES string of the molecule is CCOC(=O)CN(Cc1ccccc1)C(=O)[C@H](CC)NC(=O)OC(C)(C)C. The summed E-state index contributed by atoms with van der Waals surface area (Å²) < 4.78 is 10.2. The molecule has 0 heterocycles. The summed E-state index contributed by atoms with van der Waals surface area (Å²) in [5, 5.41) is 2.59. The number of carbonyl (C=O) groups excluding carboxylic acids is 3. The zero-order valence-electron chi connectivity index (χ0n) is 16.8. The first-order valence-electron chi connectivity index (χ1n) is 9.14. The van der Waals surface area contributed by atoms with Crippen LogP contribution >= 0.6 is 0 Å². The molecule has 0 saturated carbocycles. The molecule has 7 heteroatoms. The molecule has 0 unspecified atom stereocenters. The molecule has 0 fully saturated rings. The Kier molecular flexibility index (Phi) is 8.78. The van der Waals surface area contributed by atoms with Crippen LogP contribution in [0.3, 0.4) is 0 Å². The number of nitrogens with one attached hydrogen (secondary N) is 1. The summed E-state index contributed by atoms with van der Waals surface area (Å²) in [5.74, 6) is -0.853. The van der Waals surface area contributed by atoms with Crippen LogP contribution in [0, 0.1) is 0 Å². The van der Waals surface area contributed by atoms with E-state index in [1.54, 1.807) is 34.6 Å². The average Bonchev–Trinajstić information content (AvgIpc) is 2.58. The van der Waals surface area contributed by atoms with Gasteiger partial charge in [-0.25, -0.2) is 4.79 Å². The first-order valence-corrected chi connectivity index (χ1v) is 9.14. The van der Waals surface area contributed by atoms with E-state index in [9.17, 15) is 14.4 Å². The van der Waals surface area contributed by atoms with Gasteiger partial charge in [0.25, 0.3) is 0 Å². The number of benzene rings is 1. The van der Waals surface area contributed by atoms with Gasteiger partial charge in [-0.1, -0.05) is 37.3 Å². The summed E-state index contributed by atoms with van der Waals surface area (Å²) >= 11 is 0. The van der Waals surface area contributed by atoms with Crippen LogP contribution < -0.4 is 5.32 Å². The quantitative estimate of drug-likeness (QED) is 0.703. The minimum atomic E-state index is -0.794. The van der Waals surface area contributed by atoms with Crippen molar-refractivity contribution in [1.82, 2.24) is 10.2 Å². The largest absolute Gasteiger partial charge is 0.465 e. The maximum absolute atomic E-state index is 13.0. The predicted octanol–water partition coefficient (Wildman–Crippen LogP) is 2.88. The molecule has 1 aromatic carbocycles. The van der Waals surface area contributed by atoms with E-state index in [4.69, 9.17) is 9.47 Å². The lowest BCUT2D eigenvalue weighted by Gasteiger charge is -2.28. The number of amides is 2. The molecule has 1 N–H and O–H groups in total. The van der Waals surface area contributed by atoms with Crippen molar-refractivity contribution in [3.8, 4) is 0 Å². The van der Waals surface area contributed by atoms with Gasteiger partial charge in [0.2, 0.25) is 5.91 Å². The molecule has 0 aliphatic heterocycles. The van der Waals surface area contributed by atoms with Gasteiger partial charge < -0.3 is 19.7 Å². The summed E-state index contributed by atoms with van der Waals surface area (Å²) in [6, 6.07) is 8.54. The van der Waals surface area contributed by atoms with Crippen LogP contribution in [0.25, 0.3) is 0 Å². The molecule has 0 spiro atoms. The summed E-state index contributed by atoms with van der Waals surface area (Å²) in [6.07, 6.45) is -0.301. The van der Waals surface area contributed by atoms with E-state index in [1.165, 1.54) is 4.90 Å². The molecule has 0 aromatic heterocycles. The number of nitrogens with zero attached hydrogens (tertiary/aromatic N) is 1. The number of rotatable bonds is 8. The molecule has 27 heavy (non-hydrogen) atoms. The van der Waals surface area contributed by atoms with Crippen molar-refractivity contribution < 1.29 is 23.9 Å². The highest BCUT2D eigenvalue weighted by atomic mass is 16.6. The second-order valence-corrected chi connectivity index (χ2v) is 7.09. The zero-order chi connectivity index (χ0) is 20.4. The normalized spacial score (nSPS) is 12.0. The van der Waals surface area contributed by atoms with E-state index in [0.29, 0.717) is 6.42 Å². The fourth-order valence-corrected chi connectivity index (χ4v) is 2.39. The van der Waals surface area contributed by atoms with Gasteiger partial charge in [0.05, 0.1) is 6.61 Å². The van der Waals surface area contributed by atoms with Crippen LogP contribution in [0.1, 0.15) is 46.6 Å². The fourth-order valence-electron chi connectivity index (χ4n) is 2.39. The molecule has 1 atom stereocenters. The van der Waals surface area contributed by atoms with Crippen molar-refractivity contribution in [2.75, 3.05) is 13.2 Å². The molecule has 0 aliphatic carbocycles. The molecule has 1 aromatic rings. The lowest BCUT2D eigenvalue weighted by Crippen LogP contribution is -2.50. The average molecular weight is 378 g/mol. The monoisotopic (exact) mass is 378 g/mol. The number of carbonyl (C=O) groups is 3. The summed E-state index contributed by atoms with van der Waals surface area (Å²) in [4.78, 5) is 38.3. The molecule has 0 radical (unpaired) electrons. The number of ether oxygens (including phenoxy) is 2. The lowest BCUT2D eigenvalue weighted by molar-refractivity contribution is -0.150. The second kappa shape index (κ2) is 10.5. The van der Waals surface area contributed by atoms with Crippen LogP contribution in [0.5, 0.6) is 0 Å². The number of alkyl carbamates (subject to hydrolysis) is 1. The second-order valence-electron chi connectivity index (χ2n) is 7.09. The van der Waals surface area contributed by atoms with Gasteiger partial charge in [0.15, 0.2) is 0 Å². The highest BCUT2D eigenvalue weighted by Crippen LogP contribution is 2.10. The Balaban J connectivity index is 2.90. The van der Waals surface area contributed by atoms with Crippen molar-refractivity contribution in [2.24, 2.45) is 0 Å². The first-order chi connectivity index (χ1) is 12.7. The smallest absolute Gasteiger partial charge is 0.408 e. The Hall–Kier alpha value is -2.57. The Bertz CT molecular complexity index is 625. The number of hydrogen-bond acceptors (Lipinski definition) is 5. The third kappa shape index (κ3) is 8.57. The van der Waals surface area contributed by atoms with Crippen molar-refractivity contribution in [1.29, 1.82) is 0 Å². The van der Waals surface area contributed by atoms with Crippen LogP contribution in [0.4, 0.5) is 4.79 Å². The maximum atomic E-state index is 13.0. The molecule has 150 valence electrons. The van der Waals surface area contributed by atoms with E-state index in [1.807, 2.05) is 30.3 Å². The van der Waals surface area contributed by atoms with E-state index >= 15 is 0 Å². The minimum Gasteiger partial charge on any atom is -0.465 e. The van der Waals surface area contributed by atoms with Crippen LogP contribution in [-0.2, 0) is 25.6 Å². The minimum absolute atomic E-state index is 0.186. The van der Waals surface area contributed by atoms with Gasteiger partial charge in [-0.05, 0) is 39.7 Å². The van der Waals surface area contributed by atoms with E-state index in [0.717, 1.165) is 5.56 Å². The van der Waals surface area contributed by atoms with Crippen LogP contribution in [-0.4, -0.2) is 47.7 Å². The van der Waals surface area contributed by atoms with Gasteiger partial charge >= 0.3 is 12.1 Å². The van der Waals surface area contributed by atoms with E-state index < -0.39 is 23.7 Å². The van der Waals surface area contributed by atoms with E-state index in [2.05, 4.69) is 5.32 Å². The molecular weight excluding hydrogens is 348 g/mol. The van der Waals surface area contributed by atoms with Crippen molar-refractivity contribution in [2.45, 2.75) is 59.2 Å². The summed E-state index contributed by atoms with van der Waals surface area (Å²) in [7, 11) is 0. The zero-order valence-corrected chi connectivity index (χ0v) is 16.8. The Labute approximate surface area is 161 Å². The Morgan fingerprint density at radius 1 is 1.11 bits per heavy atom. The molecular formula is C20H30N2O5. The van der Waals surface area contributed by atoms with Gasteiger partial charge in [-0.3, -0.25) is 9.59 Å². The van der Waals surface area contributed by atoms with Crippen LogP contribution in [0.15, 0.2) is 30.3 Å². The van der Waals surface area contributed by atoms with Gasteiger partial charge in [-0.2, -0.15) is 0 Å². The molecule has 2 amide bonds. The Morgan fingerprint density at radius 2 is 1.74 bits per heavy atom. The van der Waals surface area contributed by atoms with Crippen molar-refractivity contribution in [3.05, 3.63) is 35.9 Å². The molecule has 7 nitrogen and oxygen atoms in total.